The van der Waals surface area contributed by atoms with Gasteiger partial charge in [0.2, 0.25) is 0 Å². The number of hydrogen-bond acceptors (Lipinski definition) is 0. The molecule has 0 atom stereocenters. The molecule has 71 valence electrons. The number of rotatable bonds is 4. The molecule has 1 nitrogen and oxygen atoms in total. The zero-order valence-electron chi connectivity index (χ0n) is 8.36. The van der Waals surface area contributed by atoms with E-state index in [1.54, 1.807) is 0 Å². The first-order chi connectivity index (χ1) is 5.77. The Morgan fingerprint density at radius 1 is 1.08 bits per heavy atom. The van der Waals surface area contributed by atoms with Gasteiger partial charge < -0.3 is 0 Å². The molecule has 0 saturated heterocycles. The van der Waals surface area contributed by atoms with Crippen LogP contribution in [0.4, 0.5) is 0 Å². The highest BCUT2D eigenvalue weighted by molar-refractivity contribution is 4.86. The fourth-order valence-electron chi connectivity index (χ4n) is 2.19. The molecule has 0 aromatic carbocycles. The summed E-state index contributed by atoms with van der Waals surface area (Å²) in [6, 6.07) is 0. The maximum atomic E-state index is 8.20. The predicted molar refractivity (Wildman–Crippen MR) is 53.1 cm³/mol. The number of nitrogens with one attached hydrogen (secondary N) is 1. The summed E-state index contributed by atoms with van der Waals surface area (Å²) >= 11 is 0. The second kappa shape index (κ2) is 4.86. The van der Waals surface area contributed by atoms with Gasteiger partial charge in [0.1, 0.15) is 0 Å². The highest BCUT2D eigenvalue weighted by Gasteiger charge is 2.27. The summed E-state index contributed by atoms with van der Waals surface area (Å²) in [4.78, 5) is 0. The molecule has 1 radical (unpaired) electrons. The topological polar surface area (TPSA) is 23.8 Å². The molecule has 1 fully saturated rings. The molecule has 1 aliphatic rings. The van der Waals surface area contributed by atoms with E-state index in [1.165, 1.54) is 38.5 Å². The molecular formula is C11H22N. The van der Waals surface area contributed by atoms with Gasteiger partial charge in [-0.3, -0.25) is 5.73 Å². The van der Waals surface area contributed by atoms with Crippen LogP contribution in [0.25, 0.3) is 0 Å². The van der Waals surface area contributed by atoms with Gasteiger partial charge in [0, 0.05) is 5.54 Å². The Bertz CT molecular complexity index is 114. The molecule has 1 saturated carbocycles. The van der Waals surface area contributed by atoms with E-state index in [2.05, 4.69) is 6.92 Å². The minimum Gasteiger partial charge on any atom is -0.251 e. The Hall–Kier alpha value is -0.0400. The van der Waals surface area contributed by atoms with E-state index in [1.807, 2.05) is 0 Å². The molecule has 12 heavy (non-hydrogen) atoms. The van der Waals surface area contributed by atoms with Crippen molar-refractivity contribution in [3.63, 3.8) is 0 Å². The molecule has 0 aliphatic heterocycles. The molecule has 1 aliphatic carbocycles. The van der Waals surface area contributed by atoms with E-state index in [9.17, 15) is 0 Å². The van der Waals surface area contributed by atoms with Gasteiger partial charge in [-0.05, 0) is 19.3 Å². The van der Waals surface area contributed by atoms with Crippen molar-refractivity contribution >= 4 is 0 Å². The average molecular weight is 168 g/mol. The maximum Gasteiger partial charge on any atom is 0.0324 e. The van der Waals surface area contributed by atoms with E-state index in [-0.39, 0.29) is 5.54 Å². The second-order valence-electron chi connectivity index (χ2n) is 4.30. The van der Waals surface area contributed by atoms with Gasteiger partial charge in [0.15, 0.2) is 0 Å². The molecule has 0 bridgehead atoms. The minimum atomic E-state index is -0.0204. The first-order valence-corrected chi connectivity index (χ1v) is 5.52. The smallest absolute Gasteiger partial charge is 0.0324 e. The fourth-order valence-corrected chi connectivity index (χ4v) is 2.19. The van der Waals surface area contributed by atoms with Gasteiger partial charge in [0.25, 0.3) is 0 Å². The van der Waals surface area contributed by atoms with Crippen LogP contribution in [0, 0.1) is 0 Å². The van der Waals surface area contributed by atoms with Crippen molar-refractivity contribution in [3.8, 4) is 0 Å². The van der Waals surface area contributed by atoms with E-state index < -0.39 is 0 Å². The molecule has 0 aromatic heterocycles. The van der Waals surface area contributed by atoms with Gasteiger partial charge in [-0.1, -0.05) is 45.4 Å². The summed E-state index contributed by atoms with van der Waals surface area (Å²) in [6.07, 6.45) is 11.3. The Balaban J connectivity index is 2.17. The maximum absolute atomic E-state index is 8.20. The third-order valence-corrected chi connectivity index (χ3v) is 3.07. The molecular weight excluding hydrogens is 146 g/mol. The first kappa shape index (κ1) is 10.0. The lowest BCUT2D eigenvalue weighted by Gasteiger charge is -2.32. The standard InChI is InChI=1S/C11H22N/c1-2-3-5-8-11(12)9-6-4-7-10-11/h12H,2-10H2,1H3. The molecule has 0 heterocycles. The minimum absolute atomic E-state index is 0.0204. The van der Waals surface area contributed by atoms with Crippen LogP contribution < -0.4 is 5.73 Å². The number of hydrogen-bond donors (Lipinski definition) is 0. The van der Waals surface area contributed by atoms with E-state index >= 15 is 0 Å². The molecule has 0 unspecified atom stereocenters. The highest BCUT2D eigenvalue weighted by Crippen LogP contribution is 2.31. The van der Waals surface area contributed by atoms with Crippen molar-refractivity contribution < 1.29 is 0 Å². The fraction of sp³-hybridized carbons (Fsp3) is 1.00. The zero-order chi connectivity index (χ0) is 8.86. The Morgan fingerprint density at radius 2 is 1.75 bits per heavy atom. The van der Waals surface area contributed by atoms with Crippen LogP contribution in [-0.2, 0) is 0 Å². The summed E-state index contributed by atoms with van der Waals surface area (Å²) in [5.74, 6) is 0. The molecule has 1 N–H and O–H groups in total. The van der Waals surface area contributed by atoms with Gasteiger partial charge in [-0.25, -0.2) is 0 Å². The lowest BCUT2D eigenvalue weighted by molar-refractivity contribution is 0.260. The van der Waals surface area contributed by atoms with Crippen LogP contribution in [0.5, 0.6) is 0 Å². The summed E-state index contributed by atoms with van der Waals surface area (Å²) in [5, 5.41) is 0. The quantitative estimate of drug-likeness (QED) is 0.573. The summed E-state index contributed by atoms with van der Waals surface area (Å²) in [6.45, 7) is 2.23. The van der Waals surface area contributed by atoms with Crippen LogP contribution >= 0.6 is 0 Å². The van der Waals surface area contributed by atoms with Crippen LogP contribution in [-0.4, -0.2) is 5.54 Å². The molecule has 1 heteroatoms. The van der Waals surface area contributed by atoms with Crippen LogP contribution in [0.15, 0.2) is 0 Å². The average Bonchev–Trinajstić information content (AvgIpc) is 2.06. The summed E-state index contributed by atoms with van der Waals surface area (Å²) in [7, 11) is 0. The van der Waals surface area contributed by atoms with Crippen molar-refractivity contribution in [1.82, 2.24) is 5.73 Å². The van der Waals surface area contributed by atoms with E-state index in [4.69, 9.17) is 5.73 Å². The third kappa shape index (κ3) is 3.14. The lowest BCUT2D eigenvalue weighted by Crippen LogP contribution is -2.33. The van der Waals surface area contributed by atoms with Crippen molar-refractivity contribution in [2.45, 2.75) is 70.3 Å². The Kier molecular flexibility index (Phi) is 4.07. The number of unbranched alkanes of at least 4 members (excludes halogenated alkanes) is 2. The van der Waals surface area contributed by atoms with Crippen LogP contribution in [0.3, 0.4) is 0 Å². The monoisotopic (exact) mass is 168 g/mol. The third-order valence-electron chi connectivity index (χ3n) is 3.07. The molecule has 0 amide bonds. The van der Waals surface area contributed by atoms with E-state index in [0.29, 0.717) is 0 Å². The van der Waals surface area contributed by atoms with Crippen molar-refractivity contribution in [2.24, 2.45) is 0 Å². The lowest BCUT2D eigenvalue weighted by atomic mass is 9.79. The van der Waals surface area contributed by atoms with Gasteiger partial charge in [0.05, 0.1) is 0 Å². The normalized spacial score (nSPS) is 22.5. The van der Waals surface area contributed by atoms with Gasteiger partial charge in [-0.2, -0.15) is 0 Å². The molecule has 1 rings (SSSR count). The predicted octanol–water partition coefficient (Wildman–Crippen LogP) is 3.55. The van der Waals surface area contributed by atoms with Gasteiger partial charge >= 0.3 is 0 Å². The zero-order valence-corrected chi connectivity index (χ0v) is 8.36. The molecule has 0 spiro atoms. The first-order valence-electron chi connectivity index (χ1n) is 5.52. The van der Waals surface area contributed by atoms with Gasteiger partial charge in [-0.15, -0.1) is 0 Å². The largest absolute Gasteiger partial charge is 0.251 e. The van der Waals surface area contributed by atoms with E-state index in [0.717, 1.165) is 19.3 Å². The second-order valence-corrected chi connectivity index (χ2v) is 4.30. The van der Waals surface area contributed by atoms with Crippen molar-refractivity contribution in [3.05, 3.63) is 0 Å². The summed E-state index contributed by atoms with van der Waals surface area (Å²) < 4.78 is 0. The molecule has 0 aromatic rings. The van der Waals surface area contributed by atoms with Crippen LogP contribution in [0.1, 0.15) is 64.7 Å². The van der Waals surface area contributed by atoms with Crippen LogP contribution in [0.2, 0.25) is 0 Å². The highest BCUT2D eigenvalue weighted by atomic mass is 14.7. The Labute approximate surface area is 76.7 Å². The Morgan fingerprint density at radius 3 is 2.33 bits per heavy atom. The summed E-state index contributed by atoms with van der Waals surface area (Å²) in [5.41, 5.74) is 8.18. The SMILES string of the molecule is CCCCCC1([NH])CCCCC1. The van der Waals surface area contributed by atoms with Crippen molar-refractivity contribution in [2.75, 3.05) is 0 Å². The van der Waals surface area contributed by atoms with Crippen molar-refractivity contribution in [1.29, 1.82) is 0 Å².